The number of nitrogens with zero attached hydrogens (tertiary/aromatic N) is 2. The molecule has 0 bridgehead atoms. The standard InChI is InChI=1S/C16H13FN4O2/c1-2-10-4-3-5-11(8-10)21-9-12(13(20-21)14(18)22)19-15(23)16(17)6-7-16/h1,3-5,8-9H,6-7H2,(H2,18,22)(H,19,23). The molecule has 1 aromatic heterocycles. The van der Waals surface area contributed by atoms with Gasteiger partial charge in [-0.25, -0.2) is 9.07 Å². The number of aromatic nitrogens is 2. The molecule has 1 aliphatic rings. The monoisotopic (exact) mass is 312 g/mol. The smallest absolute Gasteiger partial charge is 0.271 e. The number of terminal acetylenes is 1. The molecule has 2 amide bonds. The molecule has 1 aliphatic carbocycles. The van der Waals surface area contributed by atoms with Crippen LogP contribution < -0.4 is 11.1 Å². The molecule has 0 saturated heterocycles. The van der Waals surface area contributed by atoms with Gasteiger partial charge in [-0.05, 0) is 31.0 Å². The Morgan fingerprint density at radius 3 is 2.78 bits per heavy atom. The second-order valence-corrected chi connectivity index (χ2v) is 5.31. The molecule has 0 radical (unpaired) electrons. The number of carbonyl (C=O) groups is 2. The van der Waals surface area contributed by atoms with Gasteiger partial charge in [0.1, 0.15) is 0 Å². The third kappa shape index (κ3) is 2.79. The minimum Gasteiger partial charge on any atom is -0.364 e. The zero-order valence-electron chi connectivity index (χ0n) is 12.0. The Balaban J connectivity index is 1.97. The van der Waals surface area contributed by atoms with E-state index in [9.17, 15) is 14.0 Å². The van der Waals surface area contributed by atoms with Gasteiger partial charge >= 0.3 is 0 Å². The third-order valence-corrected chi connectivity index (χ3v) is 3.57. The fourth-order valence-corrected chi connectivity index (χ4v) is 2.09. The first-order valence-electron chi connectivity index (χ1n) is 6.90. The van der Waals surface area contributed by atoms with Crippen molar-refractivity contribution in [1.29, 1.82) is 0 Å². The fourth-order valence-electron chi connectivity index (χ4n) is 2.09. The number of halogens is 1. The summed E-state index contributed by atoms with van der Waals surface area (Å²) in [4.78, 5) is 23.3. The van der Waals surface area contributed by atoms with Crippen LogP contribution in [0.5, 0.6) is 0 Å². The number of rotatable bonds is 4. The largest absolute Gasteiger partial charge is 0.364 e. The molecule has 116 valence electrons. The Morgan fingerprint density at radius 2 is 2.17 bits per heavy atom. The van der Waals surface area contributed by atoms with Gasteiger partial charge in [-0.2, -0.15) is 5.10 Å². The Morgan fingerprint density at radius 1 is 1.43 bits per heavy atom. The lowest BCUT2D eigenvalue weighted by Gasteiger charge is -2.05. The van der Waals surface area contributed by atoms with Gasteiger partial charge < -0.3 is 11.1 Å². The minimum absolute atomic E-state index is 0.0672. The van der Waals surface area contributed by atoms with E-state index in [1.807, 2.05) is 0 Å². The highest BCUT2D eigenvalue weighted by atomic mass is 19.1. The second kappa shape index (κ2) is 5.25. The van der Waals surface area contributed by atoms with Crippen LogP contribution >= 0.6 is 0 Å². The summed E-state index contributed by atoms with van der Waals surface area (Å²) in [5.41, 5.74) is 4.55. The van der Waals surface area contributed by atoms with Crippen LogP contribution in [0.25, 0.3) is 5.69 Å². The molecule has 1 aromatic carbocycles. The molecular formula is C16H13FN4O2. The molecule has 7 heteroatoms. The second-order valence-electron chi connectivity index (χ2n) is 5.31. The van der Waals surface area contributed by atoms with Crippen LogP contribution in [-0.2, 0) is 4.79 Å². The van der Waals surface area contributed by atoms with Crippen molar-refractivity contribution in [2.75, 3.05) is 5.32 Å². The molecule has 3 rings (SSSR count). The lowest BCUT2D eigenvalue weighted by molar-refractivity contribution is -0.122. The summed E-state index contributed by atoms with van der Waals surface area (Å²) < 4.78 is 15.1. The van der Waals surface area contributed by atoms with Crippen LogP contribution in [0.15, 0.2) is 30.5 Å². The van der Waals surface area contributed by atoms with Crippen LogP contribution in [0.4, 0.5) is 10.1 Å². The molecule has 1 saturated carbocycles. The van der Waals surface area contributed by atoms with E-state index in [-0.39, 0.29) is 24.2 Å². The van der Waals surface area contributed by atoms with Crippen LogP contribution in [0.1, 0.15) is 28.9 Å². The van der Waals surface area contributed by atoms with Gasteiger partial charge in [0.05, 0.1) is 17.6 Å². The van der Waals surface area contributed by atoms with Gasteiger partial charge in [0.2, 0.25) is 0 Å². The highest BCUT2D eigenvalue weighted by molar-refractivity contribution is 6.04. The average molecular weight is 312 g/mol. The normalized spacial score (nSPS) is 14.8. The molecule has 0 spiro atoms. The average Bonchev–Trinajstić information content (AvgIpc) is 3.15. The third-order valence-electron chi connectivity index (χ3n) is 3.57. The van der Waals surface area contributed by atoms with E-state index in [1.54, 1.807) is 24.3 Å². The first-order chi connectivity index (χ1) is 10.9. The highest BCUT2D eigenvalue weighted by Gasteiger charge is 2.51. The summed E-state index contributed by atoms with van der Waals surface area (Å²) in [5.74, 6) is 0.872. The van der Waals surface area contributed by atoms with E-state index in [1.165, 1.54) is 10.9 Å². The maximum atomic E-state index is 13.8. The number of anilines is 1. The molecule has 3 N–H and O–H groups in total. The zero-order valence-corrected chi connectivity index (χ0v) is 12.0. The van der Waals surface area contributed by atoms with Crippen molar-refractivity contribution in [3.05, 3.63) is 41.7 Å². The fraction of sp³-hybridized carbons (Fsp3) is 0.188. The maximum Gasteiger partial charge on any atom is 0.271 e. The Kier molecular flexibility index (Phi) is 3.37. The number of hydrogen-bond donors (Lipinski definition) is 2. The van der Waals surface area contributed by atoms with E-state index in [0.29, 0.717) is 11.3 Å². The van der Waals surface area contributed by atoms with E-state index in [0.717, 1.165) is 0 Å². The van der Waals surface area contributed by atoms with Crippen LogP contribution in [-0.4, -0.2) is 27.3 Å². The number of nitrogens with one attached hydrogen (secondary N) is 1. The van der Waals surface area contributed by atoms with E-state index >= 15 is 0 Å². The summed E-state index contributed by atoms with van der Waals surface area (Å²) >= 11 is 0. The minimum atomic E-state index is -1.86. The van der Waals surface area contributed by atoms with Crippen LogP contribution in [0.2, 0.25) is 0 Å². The van der Waals surface area contributed by atoms with Gasteiger partial charge in [0, 0.05) is 5.56 Å². The lowest BCUT2D eigenvalue weighted by atomic mass is 10.2. The van der Waals surface area contributed by atoms with Crippen molar-refractivity contribution < 1.29 is 14.0 Å². The van der Waals surface area contributed by atoms with Crippen molar-refractivity contribution in [3.8, 4) is 18.0 Å². The molecule has 23 heavy (non-hydrogen) atoms. The van der Waals surface area contributed by atoms with E-state index in [2.05, 4.69) is 16.3 Å². The maximum absolute atomic E-state index is 13.8. The summed E-state index contributed by atoms with van der Waals surface area (Å²) in [7, 11) is 0. The molecular weight excluding hydrogens is 299 g/mol. The van der Waals surface area contributed by atoms with Gasteiger partial charge in [-0.15, -0.1) is 6.42 Å². The van der Waals surface area contributed by atoms with Gasteiger partial charge in [-0.3, -0.25) is 9.59 Å². The molecule has 1 fully saturated rings. The summed E-state index contributed by atoms with van der Waals surface area (Å²) in [5, 5.41) is 6.42. The molecule has 1 heterocycles. The Labute approximate surface area is 131 Å². The van der Waals surface area contributed by atoms with Gasteiger partial charge in [0.15, 0.2) is 11.4 Å². The number of primary amides is 1. The van der Waals surface area contributed by atoms with Crippen molar-refractivity contribution in [2.45, 2.75) is 18.5 Å². The summed E-state index contributed by atoms with van der Waals surface area (Å²) in [6, 6.07) is 6.88. The van der Waals surface area contributed by atoms with Gasteiger partial charge in [-0.1, -0.05) is 12.0 Å². The predicted octanol–water partition coefficient (Wildman–Crippen LogP) is 1.39. The summed E-state index contributed by atoms with van der Waals surface area (Å²) in [6.07, 6.45) is 7.09. The number of carbonyl (C=O) groups excluding carboxylic acids is 2. The quantitative estimate of drug-likeness (QED) is 0.836. The first-order valence-corrected chi connectivity index (χ1v) is 6.90. The van der Waals surface area contributed by atoms with E-state index in [4.69, 9.17) is 12.2 Å². The Hall–Kier alpha value is -3.14. The Bertz CT molecular complexity index is 846. The van der Waals surface area contributed by atoms with Crippen molar-refractivity contribution in [1.82, 2.24) is 9.78 Å². The number of nitrogens with two attached hydrogens (primary N) is 1. The molecule has 0 atom stereocenters. The van der Waals surface area contributed by atoms with Crippen molar-refractivity contribution >= 4 is 17.5 Å². The van der Waals surface area contributed by atoms with Gasteiger partial charge in [0.25, 0.3) is 11.8 Å². The SMILES string of the molecule is C#Cc1cccc(-n2cc(NC(=O)C3(F)CC3)c(C(N)=O)n2)c1. The number of alkyl halides is 1. The molecule has 0 aliphatic heterocycles. The topological polar surface area (TPSA) is 90.0 Å². The van der Waals surface area contributed by atoms with Crippen LogP contribution in [0.3, 0.4) is 0 Å². The molecule has 0 unspecified atom stereocenters. The first kappa shape index (κ1) is 14.8. The summed E-state index contributed by atoms with van der Waals surface area (Å²) in [6.45, 7) is 0. The highest BCUT2D eigenvalue weighted by Crippen LogP contribution is 2.40. The number of hydrogen-bond acceptors (Lipinski definition) is 3. The predicted molar refractivity (Wildman–Crippen MR) is 81.7 cm³/mol. The van der Waals surface area contributed by atoms with E-state index < -0.39 is 17.5 Å². The number of benzene rings is 1. The molecule has 6 nitrogen and oxygen atoms in total. The van der Waals surface area contributed by atoms with Crippen molar-refractivity contribution in [3.63, 3.8) is 0 Å². The lowest BCUT2D eigenvalue weighted by Crippen LogP contribution is -2.26. The van der Waals surface area contributed by atoms with Crippen LogP contribution in [0, 0.1) is 12.3 Å². The zero-order chi connectivity index (χ0) is 16.6. The molecule has 2 aromatic rings. The van der Waals surface area contributed by atoms with Crippen molar-refractivity contribution in [2.24, 2.45) is 5.73 Å². The number of amides is 2.